The summed E-state index contributed by atoms with van der Waals surface area (Å²) in [6, 6.07) is 2.58. The molecule has 1 saturated carbocycles. The first-order valence-corrected chi connectivity index (χ1v) is 7.67. The molecule has 5 heteroatoms. The van der Waals surface area contributed by atoms with E-state index in [1.807, 2.05) is 20.0 Å². The highest BCUT2D eigenvalue weighted by molar-refractivity contribution is 7.99. The molecule has 0 bridgehead atoms. The van der Waals surface area contributed by atoms with Gasteiger partial charge in [-0.3, -0.25) is 0 Å². The van der Waals surface area contributed by atoms with Gasteiger partial charge >= 0.3 is 0 Å². The predicted octanol–water partition coefficient (Wildman–Crippen LogP) is 2.91. The van der Waals surface area contributed by atoms with E-state index < -0.39 is 0 Å². The summed E-state index contributed by atoms with van der Waals surface area (Å²) in [6.07, 6.45) is 3.81. The molecule has 2 atom stereocenters. The minimum atomic E-state index is 0.563. The summed E-state index contributed by atoms with van der Waals surface area (Å²) >= 11 is 2.08. The van der Waals surface area contributed by atoms with E-state index in [-0.39, 0.29) is 0 Å². The van der Waals surface area contributed by atoms with Gasteiger partial charge in [-0.25, -0.2) is 4.98 Å². The van der Waals surface area contributed by atoms with Crippen molar-refractivity contribution in [3.8, 4) is 0 Å². The number of anilines is 2. The van der Waals surface area contributed by atoms with E-state index in [0.717, 1.165) is 16.8 Å². The smallest absolute Gasteiger partial charge is 0.224 e. The van der Waals surface area contributed by atoms with Crippen molar-refractivity contribution in [3.63, 3.8) is 0 Å². The zero-order valence-corrected chi connectivity index (χ0v) is 12.2. The van der Waals surface area contributed by atoms with Crippen LogP contribution in [0.4, 0.5) is 11.8 Å². The molecule has 18 heavy (non-hydrogen) atoms. The Morgan fingerprint density at radius 3 is 2.94 bits per heavy atom. The first-order chi connectivity index (χ1) is 8.71. The summed E-state index contributed by atoms with van der Waals surface area (Å²) < 4.78 is 0. The van der Waals surface area contributed by atoms with Crippen LogP contribution in [0, 0.1) is 6.92 Å². The Balaban J connectivity index is 1.95. The minimum Gasteiger partial charge on any atom is -0.367 e. The number of nitrogens with zero attached hydrogens (tertiary/aromatic N) is 2. The molecule has 1 aliphatic carbocycles. The Morgan fingerprint density at radius 1 is 1.39 bits per heavy atom. The number of aromatic nitrogens is 2. The average molecular weight is 266 g/mol. The van der Waals surface area contributed by atoms with Crippen molar-refractivity contribution in [3.05, 3.63) is 11.8 Å². The molecular formula is C13H22N4S. The summed E-state index contributed by atoms with van der Waals surface area (Å²) in [4.78, 5) is 8.75. The third-order valence-corrected chi connectivity index (χ3v) is 4.45. The van der Waals surface area contributed by atoms with E-state index in [0.29, 0.717) is 12.0 Å². The van der Waals surface area contributed by atoms with Gasteiger partial charge in [0, 0.05) is 30.1 Å². The fraction of sp³-hybridized carbons (Fsp3) is 0.692. The van der Waals surface area contributed by atoms with Gasteiger partial charge in [0.2, 0.25) is 5.95 Å². The zero-order valence-electron chi connectivity index (χ0n) is 11.4. The maximum atomic E-state index is 4.45. The van der Waals surface area contributed by atoms with Gasteiger partial charge in [0.1, 0.15) is 5.82 Å². The monoisotopic (exact) mass is 266 g/mol. The molecule has 1 heterocycles. The fourth-order valence-corrected chi connectivity index (χ4v) is 3.56. The van der Waals surface area contributed by atoms with Gasteiger partial charge in [-0.1, -0.05) is 6.92 Å². The summed E-state index contributed by atoms with van der Waals surface area (Å²) in [6.45, 7) is 4.23. The Kier molecular flexibility index (Phi) is 4.69. The second kappa shape index (κ2) is 6.27. The van der Waals surface area contributed by atoms with E-state index >= 15 is 0 Å². The molecule has 1 aromatic rings. The van der Waals surface area contributed by atoms with Crippen LogP contribution in [-0.2, 0) is 0 Å². The molecular weight excluding hydrogens is 244 g/mol. The van der Waals surface area contributed by atoms with Crippen LogP contribution in [0.25, 0.3) is 0 Å². The lowest BCUT2D eigenvalue weighted by atomic mass is 10.2. The van der Waals surface area contributed by atoms with Gasteiger partial charge in [-0.2, -0.15) is 16.7 Å². The predicted molar refractivity (Wildman–Crippen MR) is 79.5 cm³/mol. The van der Waals surface area contributed by atoms with Crippen LogP contribution in [0.5, 0.6) is 0 Å². The molecule has 2 rings (SSSR count). The van der Waals surface area contributed by atoms with Crippen molar-refractivity contribution >= 4 is 23.5 Å². The van der Waals surface area contributed by atoms with E-state index in [2.05, 4.69) is 39.3 Å². The highest BCUT2D eigenvalue weighted by Gasteiger charge is 2.24. The quantitative estimate of drug-likeness (QED) is 0.858. The lowest BCUT2D eigenvalue weighted by Gasteiger charge is -2.14. The molecule has 0 amide bonds. The minimum absolute atomic E-state index is 0.563. The number of hydrogen-bond acceptors (Lipinski definition) is 5. The highest BCUT2D eigenvalue weighted by Crippen LogP contribution is 2.31. The highest BCUT2D eigenvalue weighted by atomic mass is 32.2. The molecule has 0 saturated heterocycles. The van der Waals surface area contributed by atoms with E-state index in [4.69, 9.17) is 0 Å². The normalized spacial score (nSPS) is 23.1. The van der Waals surface area contributed by atoms with E-state index in [1.165, 1.54) is 25.0 Å². The maximum Gasteiger partial charge on any atom is 0.224 e. The fourth-order valence-electron chi connectivity index (χ4n) is 2.42. The van der Waals surface area contributed by atoms with Crippen molar-refractivity contribution < 1.29 is 0 Å². The van der Waals surface area contributed by atoms with Gasteiger partial charge in [0.05, 0.1) is 0 Å². The molecule has 1 aliphatic rings. The van der Waals surface area contributed by atoms with E-state index in [1.54, 1.807) is 0 Å². The van der Waals surface area contributed by atoms with Crippen molar-refractivity contribution in [2.75, 3.05) is 23.4 Å². The van der Waals surface area contributed by atoms with Gasteiger partial charge in [-0.05, 0) is 31.9 Å². The summed E-state index contributed by atoms with van der Waals surface area (Å²) in [5.74, 6) is 2.85. The number of thioether (sulfide) groups is 1. The SMILES string of the molecule is CCSC1CCC(Nc2cc(C)nc(NC)n2)C1. The molecule has 2 N–H and O–H groups in total. The first-order valence-electron chi connectivity index (χ1n) is 6.62. The zero-order chi connectivity index (χ0) is 13.0. The molecule has 0 aliphatic heterocycles. The van der Waals surface area contributed by atoms with Crippen LogP contribution in [0.2, 0.25) is 0 Å². The second-order valence-corrected chi connectivity index (χ2v) is 6.28. The summed E-state index contributed by atoms with van der Waals surface area (Å²) in [5.41, 5.74) is 0.995. The molecule has 100 valence electrons. The number of nitrogens with one attached hydrogen (secondary N) is 2. The van der Waals surface area contributed by atoms with Crippen LogP contribution in [0.15, 0.2) is 6.07 Å². The molecule has 1 fully saturated rings. The topological polar surface area (TPSA) is 49.8 Å². The summed E-state index contributed by atoms with van der Waals surface area (Å²) in [5, 5.41) is 7.35. The van der Waals surface area contributed by atoms with Crippen molar-refractivity contribution in [1.82, 2.24) is 9.97 Å². The Bertz CT molecular complexity index is 397. The van der Waals surface area contributed by atoms with E-state index in [9.17, 15) is 0 Å². The largest absolute Gasteiger partial charge is 0.367 e. The third kappa shape index (κ3) is 3.51. The van der Waals surface area contributed by atoms with Crippen LogP contribution < -0.4 is 10.6 Å². The standard InChI is InChI=1S/C13H22N4S/c1-4-18-11-6-5-10(8-11)16-12-7-9(2)15-13(14-3)17-12/h7,10-11H,4-6,8H2,1-3H3,(H2,14,15,16,17). The van der Waals surface area contributed by atoms with Crippen molar-refractivity contribution in [2.24, 2.45) is 0 Å². The van der Waals surface area contributed by atoms with Gasteiger partial charge in [-0.15, -0.1) is 0 Å². The van der Waals surface area contributed by atoms with Crippen LogP contribution >= 0.6 is 11.8 Å². The number of rotatable bonds is 5. The second-order valence-electron chi connectivity index (χ2n) is 4.70. The average Bonchev–Trinajstić information content (AvgIpc) is 2.76. The van der Waals surface area contributed by atoms with Crippen molar-refractivity contribution in [1.29, 1.82) is 0 Å². The van der Waals surface area contributed by atoms with Crippen molar-refractivity contribution in [2.45, 2.75) is 44.4 Å². The molecule has 1 aromatic heterocycles. The van der Waals surface area contributed by atoms with Crippen LogP contribution in [-0.4, -0.2) is 34.1 Å². The number of aryl methyl sites for hydroxylation is 1. The van der Waals surface area contributed by atoms with Gasteiger partial charge < -0.3 is 10.6 Å². The number of hydrogen-bond donors (Lipinski definition) is 2. The van der Waals surface area contributed by atoms with Gasteiger partial charge in [0.15, 0.2) is 0 Å². The molecule has 0 spiro atoms. The summed E-state index contributed by atoms with van der Waals surface area (Å²) in [7, 11) is 1.85. The van der Waals surface area contributed by atoms with Crippen LogP contribution in [0.3, 0.4) is 0 Å². The van der Waals surface area contributed by atoms with Crippen LogP contribution in [0.1, 0.15) is 31.9 Å². The lowest BCUT2D eigenvalue weighted by Crippen LogP contribution is -2.17. The third-order valence-electron chi connectivity index (χ3n) is 3.22. The Morgan fingerprint density at radius 2 is 2.22 bits per heavy atom. The van der Waals surface area contributed by atoms with Gasteiger partial charge in [0.25, 0.3) is 0 Å². The molecule has 4 nitrogen and oxygen atoms in total. The Labute approximate surface area is 113 Å². The Hall–Kier alpha value is -0.970. The lowest BCUT2D eigenvalue weighted by molar-refractivity contribution is 0.751. The maximum absolute atomic E-state index is 4.45. The first kappa shape index (κ1) is 13.5. The molecule has 0 aromatic carbocycles. The molecule has 2 unspecified atom stereocenters. The molecule has 0 radical (unpaired) electrons.